The van der Waals surface area contributed by atoms with Crippen LogP contribution in [0.4, 0.5) is 0 Å². The standard InChI is InChI=1S/C14H21NO2/c1-9-4-10-6-13(16-2)14(17-3)7-12(10)11(5-9)8-15/h6-7,9,11H,4-5,8,15H2,1-3H3. The third-order valence-corrected chi connectivity index (χ3v) is 3.62. The van der Waals surface area contributed by atoms with Crippen LogP contribution in [0.3, 0.4) is 0 Å². The average Bonchev–Trinajstić information content (AvgIpc) is 2.35. The van der Waals surface area contributed by atoms with E-state index in [1.54, 1.807) is 14.2 Å². The van der Waals surface area contributed by atoms with Crippen LogP contribution in [0.1, 0.15) is 30.4 Å². The van der Waals surface area contributed by atoms with E-state index >= 15 is 0 Å². The van der Waals surface area contributed by atoms with E-state index in [1.807, 2.05) is 0 Å². The molecule has 0 radical (unpaired) electrons. The first-order chi connectivity index (χ1) is 8.19. The Kier molecular flexibility index (Phi) is 3.57. The lowest BCUT2D eigenvalue weighted by Crippen LogP contribution is -2.23. The van der Waals surface area contributed by atoms with Crippen LogP contribution in [-0.4, -0.2) is 20.8 Å². The van der Waals surface area contributed by atoms with Crippen molar-refractivity contribution in [1.82, 2.24) is 0 Å². The summed E-state index contributed by atoms with van der Waals surface area (Å²) in [6.45, 7) is 2.98. The van der Waals surface area contributed by atoms with Gasteiger partial charge in [0.1, 0.15) is 0 Å². The Morgan fingerprint density at radius 1 is 1.24 bits per heavy atom. The summed E-state index contributed by atoms with van der Waals surface area (Å²) < 4.78 is 10.7. The molecule has 2 unspecified atom stereocenters. The van der Waals surface area contributed by atoms with E-state index in [1.165, 1.54) is 17.5 Å². The van der Waals surface area contributed by atoms with Crippen LogP contribution in [0.15, 0.2) is 12.1 Å². The van der Waals surface area contributed by atoms with E-state index in [0.29, 0.717) is 18.4 Å². The zero-order valence-electron chi connectivity index (χ0n) is 10.8. The van der Waals surface area contributed by atoms with Gasteiger partial charge in [-0.2, -0.15) is 0 Å². The number of benzene rings is 1. The molecule has 0 saturated carbocycles. The van der Waals surface area contributed by atoms with Gasteiger partial charge in [-0.1, -0.05) is 6.92 Å². The Hall–Kier alpha value is -1.22. The van der Waals surface area contributed by atoms with Crippen LogP contribution in [0.25, 0.3) is 0 Å². The average molecular weight is 235 g/mol. The lowest BCUT2D eigenvalue weighted by Gasteiger charge is -2.29. The third kappa shape index (κ3) is 2.25. The number of hydrogen-bond donors (Lipinski definition) is 1. The van der Waals surface area contributed by atoms with E-state index in [0.717, 1.165) is 17.9 Å². The molecule has 1 aliphatic rings. The molecule has 2 N–H and O–H groups in total. The van der Waals surface area contributed by atoms with Gasteiger partial charge in [0.05, 0.1) is 14.2 Å². The SMILES string of the molecule is COc1cc2c(cc1OC)C(CN)CC(C)C2. The van der Waals surface area contributed by atoms with Gasteiger partial charge in [0.2, 0.25) is 0 Å². The fraction of sp³-hybridized carbons (Fsp3) is 0.571. The minimum absolute atomic E-state index is 0.452. The van der Waals surface area contributed by atoms with Gasteiger partial charge in [0.25, 0.3) is 0 Å². The van der Waals surface area contributed by atoms with E-state index in [-0.39, 0.29) is 0 Å². The van der Waals surface area contributed by atoms with Gasteiger partial charge in [-0.3, -0.25) is 0 Å². The minimum atomic E-state index is 0.452. The first-order valence-electron chi connectivity index (χ1n) is 6.14. The van der Waals surface area contributed by atoms with Crippen molar-refractivity contribution < 1.29 is 9.47 Å². The second-order valence-electron chi connectivity index (χ2n) is 4.88. The maximum absolute atomic E-state index is 5.87. The highest BCUT2D eigenvalue weighted by atomic mass is 16.5. The number of ether oxygens (including phenoxy) is 2. The molecule has 1 aromatic carbocycles. The molecular weight excluding hydrogens is 214 g/mol. The number of hydrogen-bond acceptors (Lipinski definition) is 3. The molecule has 17 heavy (non-hydrogen) atoms. The maximum atomic E-state index is 5.87. The lowest BCUT2D eigenvalue weighted by molar-refractivity contribution is 0.350. The molecule has 3 heteroatoms. The molecule has 1 aliphatic carbocycles. The summed E-state index contributed by atoms with van der Waals surface area (Å²) in [5, 5.41) is 0. The number of methoxy groups -OCH3 is 2. The molecular formula is C14H21NO2. The first-order valence-corrected chi connectivity index (χ1v) is 6.14. The molecule has 2 atom stereocenters. The molecule has 1 aromatic rings. The van der Waals surface area contributed by atoms with Crippen LogP contribution in [0, 0.1) is 5.92 Å². The van der Waals surface area contributed by atoms with Crippen LogP contribution in [-0.2, 0) is 6.42 Å². The maximum Gasteiger partial charge on any atom is 0.161 e. The van der Waals surface area contributed by atoms with Crippen molar-refractivity contribution in [3.8, 4) is 11.5 Å². The molecule has 0 aromatic heterocycles. The fourth-order valence-corrected chi connectivity index (χ4v) is 2.79. The Labute approximate surface area is 103 Å². The van der Waals surface area contributed by atoms with Crippen LogP contribution in [0.5, 0.6) is 11.5 Å². The van der Waals surface area contributed by atoms with Gasteiger partial charge in [-0.25, -0.2) is 0 Å². The number of fused-ring (bicyclic) bond motifs is 1. The molecule has 0 fully saturated rings. The number of nitrogens with two attached hydrogens (primary N) is 1. The van der Waals surface area contributed by atoms with Gasteiger partial charge >= 0.3 is 0 Å². The molecule has 94 valence electrons. The largest absolute Gasteiger partial charge is 0.493 e. The summed E-state index contributed by atoms with van der Waals surface area (Å²) in [5.74, 6) is 2.76. The molecule has 2 rings (SSSR count). The summed E-state index contributed by atoms with van der Waals surface area (Å²) in [6.07, 6.45) is 2.27. The zero-order chi connectivity index (χ0) is 12.4. The highest BCUT2D eigenvalue weighted by Gasteiger charge is 2.25. The van der Waals surface area contributed by atoms with Crippen molar-refractivity contribution in [3.05, 3.63) is 23.3 Å². The minimum Gasteiger partial charge on any atom is -0.493 e. The lowest BCUT2D eigenvalue weighted by atomic mass is 9.77. The predicted octanol–water partition coefficient (Wildman–Crippen LogP) is 2.33. The van der Waals surface area contributed by atoms with Gasteiger partial charge in [0.15, 0.2) is 11.5 Å². The predicted molar refractivity (Wildman–Crippen MR) is 68.8 cm³/mol. The summed E-state index contributed by atoms with van der Waals surface area (Å²) in [4.78, 5) is 0. The Bertz CT molecular complexity index is 403. The van der Waals surface area contributed by atoms with Crippen molar-refractivity contribution in [1.29, 1.82) is 0 Å². The van der Waals surface area contributed by atoms with Crippen molar-refractivity contribution in [2.75, 3.05) is 20.8 Å². The third-order valence-electron chi connectivity index (χ3n) is 3.62. The molecule has 0 heterocycles. The quantitative estimate of drug-likeness (QED) is 0.874. The van der Waals surface area contributed by atoms with Gasteiger partial charge in [-0.15, -0.1) is 0 Å². The van der Waals surface area contributed by atoms with Crippen LogP contribution < -0.4 is 15.2 Å². The molecule has 0 aliphatic heterocycles. The first kappa shape index (κ1) is 12.2. The molecule has 3 nitrogen and oxygen atoms in total. The molecule has 0 bridgehead atoms. The zero-order valence-corrected chi connectivity index (χ0v) is 10.8. The fourth-order valence-electron chi connectivity index (χ4n) is 2.79. The smallest absolute Gasteiger partial charge is 0.161 e. The topological polar surface area (TPSA) is 44.5 Å². The monoisotopic (exact) mass is 235 g/mol. The summed E-state index contributed by atoms with van der Waals surface area (Å²) in [6, 6.07) is 4.20. The second kappa shape index (κ2) is 4.96. The van der Waals surface area contributed by atoms with Gasteiger partial charge in [0, 0.05) is 0 Å². The normalized spacial score (nSPS) is 23.1. The molecule has 0 amide bonds. The molecule has 0 saturated heterocycles. The van der Waals surface area contributed by atoms with E-state index in [9.17, 15) is 0 Å². The van der Waals surface area contributed by atoms with E-state index in [2.05, 4.69) is 19.1 Å². The summed E-state index contributed by atoms with van der Waals surface area (Å²) in [7, 11) is 3.35. The van der Waals surface area contributed by atoms with Crippen molar-refractivity contribution in [2.24, 2.45) is 11.7 Å². The van der Waals surface area contributed by atoms with Crippen molar-refractivity contribution in [2.45, 2.75) is 25.7 Å². The highest BCUT2D eigenvalue weighted by Crippen LogP contribution is 2.40. The second-order valence-corrected chi connectivity index (χ2v) is 4.88. The summed E-state index contributed by atoms with van der Waals surface area (Å²) in [5.41, 5.74) is 8.56. The Morgan fingerprint density at radius 3 is 2.47 bits per heavy atom. The molecule has 0 spiro atoms. The summed E-state index contributed by atoms with van der Waals surface area (Å²) >= 11 is 0. The van der Waals surface area contributed by atoms with Crippen LogP contribution >= 0.6 is 0 Å². The van der Waals surface area contributed by atoms with E-state index < -0.39 is 0 Å². The Balaban J connectivity index is 2.47. The highest BCUT2D eigenvalue weighted by molar-refractivity contribution is 5.49. The van der Waals surface area contributed by atoms with Crippen molar-refractivity contribution in [3.63, 3.8) is 0 Å². The van der Waals surface area contributed by atoms with Gasteiger partial charge in [-0.05, 0) is 54.5 Å². The van der Waals surface area contributed by atoms with Crippen molar-refractivity contribution >= 4 is 0 Å². The van der Waals surface area contributed by atoms with Gasteiger partial charge < -0.3 is 15.2 Å². The van der Waals surface area contributed by atoms with E-state index in [4.69, 9.17) is 15.2 Å². The Morgan fingerprint density at radius 2 is 1.88 bits per heavy atom. The van der Waals surface area contributed by atoms with Crippen LogP contribution in [0.2, 0.25) is 0 Å². The number of rotatable bonds is 3.